The summed E-state index contributed by atoms with van der Waals surface area (Å²) in [5, 5.41) is 0. The molecule has 0 spiro atoms. The van der Waals surface area contributed by atoms with E-state index < -0.39 is 0 Å². The average Bonchev–Trinajstić information content (AvgIpc) is 2.67. The predicted molar refractivity (Wildman–Crippen MR) is 113 cm³/mol. The van der Waals surface area contributed by atoms with Crippen LogP contribution in [-0.2, 0) is 9.59 Å². The number of rotatable bonds is 7. The van der Waals surface area contributed by atoms with Crippen LogP contribution in [0.5, 0.6) is 0 Å². The number of aryl methyl sites for hydroxylation is 1. The second kappa shape index (κ2) is 9.21. The van der Waals surface area contributed by atoms with Gasteiger partial charge in [-0.2, -0.15) is 0 Å². The molecule has 0 atom stereocenters. The van der Waals surface area contributed by atoms with Crippen LogP contribution in [0.3, 0.4) is 0 Å². The lowest BCUT2D eigenvalue weighted by Gasteiger charge is -2.27. The topological polar surface area (TPSA) is 43.9 Å². The maximum Gasteiger partial charge on any atom is 0.246 e. The van der Waals surface area contributed by atoms with Gasteiger partial charge in [-0.05, 0) is 56.7 Å². The van der Waals surface area contributed by atoms with Crippen molar-refractivity contribution < 1.29 is 9.59 Å². The first-order valence-corrected chi connectivity index (χ1v) is 9.34. The van der Waals surface area contributed by atoms with Crippen molar-refractivity contribution >= 4 is 28.9 Å². The number of likely N-dealkylation sites (N-methyl/N-ethyl adjacent to an activating group) is 1. The van der Waals surface area contributed by atoms with E-state index in [0.29, 0.717) is 0 Å². The van der Waals surface area contributed by atoms with Crippen LogP contribution in [0.15, 0.2) is 48.5 Å². The van der Waals surface area contributed by atoms with Gasteiger partial charge in [-0.25, -0.2) is 0 Å². The molecule has 5 heteroatoms. The lowest BCUT2D eigenvalue weighted by atomic mass is 10.1. The van der Waals surface area contributed by atoms with Crippen molar-refractivity contribution in [1.82, 2.24) is 0 Å². The minimum Gasteiger partial charge on any atom is -0.372 e. The Balaban J connectivity index is 2.25. The summed E-state index contributed by atoms with van der Waals surface area (Å²) in [7, 11) is 1.73. The number of anilines is 3. The van der Waals surface area contributed by atoms with E-state index in [9.17, 15) is 9.59 Å². The summed E-state index contributed by atoms with van der Waals surface area (Å²) in [5.74, 6) is -0.285. The lowest BCUT2D eigenvalue weighted by molar-refractivity contribution is -0.121. The Morgan fingerprint density at radius 1 is 0.926 bits per heavy atom. The predicted octanol–water partition coefficient (Wildman–Crippen LogP) is 3.86. The number of carbonyl (C=O) groups excluding carboxylic acids is 2. The number of para-hydroxylation sites is 1. The molecule has 5 nitrogen and oxygen atoms in total. The first kappa shape index (κ1) is 20.5. The maximum atomic E-state index is 12.7. The molecule has 0 aliphatic carbocycles. The summed E-state index contributed by atoms with van der Waals surface area (Å²) in [6.07, 6.45) is 0. The molecule has 0 aliphatic rings. The highest BCUT2D eigenvalue weighted by atomic mass is 16.2. The smallest absolute Gasteiger partial charge is 0.246 e. The zero-order chi connectivity index (χ0) is 20.0. The largest absolute Gasteiger partial charge is 0.372 e. The van der Waals surface area contributed by atoms with Crippen LogP contribution in [0.4, 0.5) is 17.1 Å². The van der Waals surface area contributed by atoms with Crippen LogP contribution >= 0.6 is 0 Å². The maximum absolute atomic E-state index is 12.7. The summed E-state index contributed by atoms with van der Waals surface area (Å²) in [5.41, 5.74) is 3.68. The highest BCUT2D eigenvalue weighted by molar-refractivity contribution is 6.03. The van der Waals surface area contributed by atoms with Gasteiger partial charge in [0.15, 0.2) is 0 Å². The van der Waals surface area contributed by atoms with Gasteiger partial charge in [0.1, 0.15) is 6.54 Å². The van der Waals surface area contributed by atoms with Gasteiger partial charge in [-0.15, -0.1) is 0 Å². The Labute approximate surface area is 162 Å². The Hall–Kier alpha value is -2.82. The van der Waals surface area contributed by atoms with E-state index >= 15 is 0 Å². The van der Waals surface area contributed by atoms with Crippen molar-refractivity contribution in [2.24, 2.45) is 0 Å². The van der Waals surface area contributed by atoms with Crippen molar-refractivity contribution in [3.05, 3.63) is 54.1 Å². The Morgan fingerprint density at radius 3 is 2.07 bits per heavy atom. The normalized spacial score (nSPS) is 10.4. The molecule has 2 aromatic carbocycles. The van der Waals surface area contributed by atoms with Crippen molar-refractivity contribution in [2.45, 2.75) is 27.7 Å². The molecule has 0 unspecified atom stereocenters. The zero-order valence-corrected chi connectivity index (χ0v) is 16.9. The molecular weight excluding hydrogens is 338 g/mol. The SMILES string of the molecule is CCN(CC)c1ccc(N(CC(=O)N(C)c2ccccc2)C(C)=O)c(C)c1. The van der Waals surface area contributed by atoms with Crippen molar-refractivity contribution in [3.63, 3.8) is 0 Å². The minimum atomic E-state index is -0.150. The fourth-order valence-electron chi connectivity index (χ4n) is 3.13. The summed E-state index contributed by atoms with van der Waals surface area (Å²) >= 11 is 0. The molecule has 2 amide bonds. The Morgan fingerprint density at radius 2 is 1.56 bits per heavy atom. The number of hydrogen-bond acceptors (Lipinski definition) is 3. The van der Waals surface area contributed by atoms with Crippen LogP contribution in [-0.4, -0.2) is 38.5 Å². The van der Waals surface area contributed by atoms with Crippen LogP contribution in [0, 0.1) is 6.92 Å². The molecule has 144 valence electrons. The summed E-state index contributed by atoms with van der Waals surface area (Å²) < 4.78 is 0. The first-order valence-electron chi connectivity index (χ1n) is 9.34. The minimum absolute atomic E-state index is 0.00614. The summed E-state index contributed by atoms with van der Waals surface area (Å²) in [4.78, 5) is 30.4. The van der Waals surface area contributed by atoms with Gasteiger partial charge in [-0.3, -0.25) is 9.59 Å². The van der Waals surface area contributed by atoms with E-state index in [4.69, 9.17) is 0 Å². The number of nitrogens with zero attached hydrogens (tertiary/aromatic N) is 3. The molecule has 0 heterocycles. The second-order valence-corrected chi connectivity index (χ2v) is 6.54. The lowest BCUT2D eigenvalue weighted by Crippen LogP contribution is -2.41. The highest BCUT2D eigenvalue weighted by Crippen LogP contribution is 2.26. The van der Waals surface area contributed by atoms with Crippen molar-refractivity contribution in [1.29, 1.82) is 0 Å². The van der Waals surface area contributed by atoms with E-state index in [-0.39, 0.29) is 18.4 Å². The average molecular weight is 367 g/mol. The fourth-order valence-corrected chi connectivity index (χ4v) is 3.13. The van der Waals surface area contributed by atoms with Gasteiger partial charge in [0, 0.05) is 44.1 Å². The number of carbonyl (C=O) groups is 2. The fraction of sp³-hybridized carbons (Fsp3) is 0.364. The number of hydrogen-bond donors (Lipinski definition) is 0. The summed E-state index contributed by atoms with van der Waals surface area (Å²) in [6.45, 7) is 9.56. The van der Waals surface area contributed by atoms with Gasteiger partial charge in [0.05, 0.1) is 0 Å². The van der Waals surface area contributed by atoms with Gasteiger partial charge in [-0.1, -0.05) is 18.2 Å². The molecule has 27 heavy (non-hydrogen) atoms. The number of amides is 2. The monoisotopic (exact) mass is 367 g/mol. The van der Waals surface area contributed by atoms with Crippen LogP contribution in [0.25, 0.3) is 0 Å². The zero-order valence-electron chi connectivity index (χ0n) is 16.9. The van der Waals surface area contributed by atoms with E-state index in [2.05, 4.69) is 24.8 Å². The van der Waals surface area contributed by atoms with Gasteiger partial charge >= 0.3 is 0 Å². The third kappa shape index (κ3) is 4.88. The highest BCUT2D eigenvalue weighted by Gasteiger charge is 2.21. The standard InChI is InChI=1S/C22H29N3O2/c1-6-24(7-2)20-13-14-21(17(3)15-20)25(18(4)26)16-22(27)23(5)19-11-9-8-10-12-19/h8-15H,6-7,16H2,1-5H3. The molecule has 2 rings (SSSR count). The molecule has 0 bridgehead atoms. The molecule has 0 fully saturated rings. The summed E-state index contributed by atoms with van der Waals surface area (Å²) in [6, 6.07) is 15.4. The molecular formula is C22H29N3O2. The van der Waals surface area contributed by atoms with E-state index in [1.54, 1.807) is 16.8 Å². The molecule has 0 N–H and O–H groups in total. The molecule has 0 saturated heterocycles. The molecule has 0 aromatic heterocycles. The van der Waals surface area contributed by atoms with E-state index in [1.807, 2.05) is 49.4 Å². The van der Waals surface area contributed by atoms with E-state index in [0.717, 1.165) is 35.7 Å². The van der Waals surface area contributed by atoms with Crippen molar-refractivity contribution in [3.8, 4) is 0 Å². The molecule has 0 radical (unpaired) electrons. The Kier molecular flexibility index (Phi) is 6.99. The molecule has 0 saturated carbocycles. The van der Waals surface area contributed by atoms with Crippen LogP contribution in [0.2, 0.25) is 0 Å². The van der Waals surface area contributed by atoms with Crippen LogP contribution < -0.4 is 14.7 Å². The third-order valence-corrected chi connectivity index (χ3v) is 4.79. The van der Waals surface area contributed by atoms with Crippen molar-refractivity contribution in [2.75, 3.05) is 41.4 Å². The quantitative estimate of drug-likeness (QED) is 0.746. The van der Waals surface area contributed by atoms with Gasteiger partial charge in [0.25, 0.3) is 0 Å². The second-order valence-electron chi connectivity index (χ2n) is 6.54. The van der Waals surface area contributed by atoms with E-state index in [1.165, 1.54) is 6.92 Å². The molecule has 0 aliphatic heterocycles. The third-order valence-electron chi connectivity index (χ3n) is 4.79. The van der Waals surface area contributed by atoms with Gasteiger partial charge in [0.2, 0.25) is 11.8 Å². The van der Waals surface area contributed by atoms with Crippen LogP contribution in [0.1, 0.15) is 26.3 Å². The molecule has 2 aromatic rings. The Bertz CT molecular complexity index is 785. The van der Waals surface area contributed by atoms with Gasteiger partial charge < -0.3 is 14.7 Å². The first-order chi connectivity index (χ1) is 12.9. The number of benzene rings is 2.